The third-order valence-electron chi connectivity index (χ3n) is 3.95. The zero-order chi connectivity index (χ0) is 17.3. The van der Waals surface area contributed by atoms with E-state index < -0.39 is 11.7 Å². The van der Waals surface area contributed by atoms with Crippen molar-refractivity contribution in [3.63, 3.8) is 0 Å². The van der Waals surface area contributed by atoms with E-state index in [2.05, 4.69) is 4.98 Å². The molecule has 1 heterocycles. The van der Waals surface area contributed by atoms with E-state index in [9.17, 15) is 13.2 Å². The Labute approximate surface area is 138 Å². The molecule has 2 aromatic carbocycles. The predicted molar refractivity (Wildman–Crippen MR) is 90.3 cm³/mol. The Bertz CT molecular complexity index is 853. The van der Waals surface area contributed by atoms with Gasteiger partial charge in [0, 0.05) is 25.7 Å². The summed E-state index contributed by atoms with van der Waals surface area (Å²) < 4.78 is 38.0. The van der Waals surface area contributed by atoms with Gasteiger partial charge < -0.3 is 4.90 Å². The van der Waals surface area contributed by atoms with Gasteiger partial charge in [0.2, 0.25) is 0 Å². The van der Waals surface area contributed by atoms with Crippen LogP contribution in [0, 0.1) is 0 Å². The van der Waals surface area contributed by atoms with Gasteiger partial charge in [0.15, 0.2) is 0 Å². The van der Waals surface area contributed by atoms with E-state index in [1.165, 1.54) is 12.1 Å². The molecule has 2 nitrogen and oxygen atoms in total. The van der Waals surface area contributed by atoms with Crippen LogP contribution in [0.25, 0.3) is 10.9 Å². The first kappa shape index (κ1) is 16.3. The van der Waals surface area contributed by atoms with Crippen LogP contribution in [0.1, 0.15) is 16.7 Å². The molecule has 0 saturated carbocycles. The first-order valence-electron chi connectivity index (χ1n) is 7.56. The maximum absolute atomic E-state index is 12.7. The summed E-state index contributed by atoms with van der Waals surface area (Å²) in [6.45, 7) is 0. The van der Waals surface area contributed by atoms with Crippen LogP contribution in [0.15, 0.2) is 54.7 Å². The highest BCUT2D eigenvalue weighted by atomic mass is 19.4. The third-order valence-corrected chi connectivity index (χ3v) is 3.95. The molecular weight excluding hydrogens is 313 g/mol. The SMILES string of the molecule is CN(C)c1c(Cc2ccc(C(F)(F)F)cc2)ccc2cccnc12. The lowest BCUT2D eigenvalue weighted by Gasteiger charge is -2.19. The summed E-state index contributed by atoms with van der Waals surface area (Å²) in [6, 6.07) is 13.2. The number of pyridine rings is 1. The van der Waals surface area contributed by atoms with Crippen LogP contribution >= 0.6 is 0 Å². The lowest BCUT2D eigenvalue weighted by Crippen LogP contribution is -2.13. The van der Waals surface area contributed by atoms with Crippen molar-refractivity contribution in [3.05, 3.63) is 71.4 Å². The second kappa shape index (κ2) is 6.15. The minimum atomic E-state index is -4.31. The fourth-order valence-electron chi connectivity index (χ4n) is 2.84. The molecule has 1 aromatic heterocycles. The highest BCUT2D eigenvalue weighted by Crippen LogP contribution is 2.32. The molecule has 0 unspecified atom stereocenters. The number of halogens is 3. The Morgan fingerprint density at radius 2 is 1.67 bits per heavy atom. The van der Waals surface area contributed by atoms with Gasteiger partial charge in [-0.15, -0.1) is 0 Å². The van der Waals surface area contributed by atoms with E-state index in [0.29, 0.717) is 6.42 Å². The first-order chi connectivity index (χ1) is 11.4. The number of hydrogen-bond acceptors (Lipinski definition) is 2. The van der Waals surface area contributed by atoms with Crippen molar-refractivity contribution in [2.45, 2.75) is 12.6 Å². The van der Waals surface area contributed by atoms with Gasteiger partial charge in [-0.2, -0.15) is 13.2 Å². The zero-order valence-electron chi connectivity index (χ0n) is 13.4. The Morgan fingerprint density at radius 1 is 0.958 bits per heavy atom. The van der Waals surface area contributed by atoms with Crippen molar-refractivity contribution in [2.75, 3.05) is 19.0 Å². The van der Waals surface area contributed by atoms with Crippen LogP contribution in [0.4, 0.5) is 18.9 Å². The van der Waals surface area contributed by atoms with Crippen molar-refractivity contribution in [3.8, 4) is 0 Å². The van der Waals surface area contributed by atoms with E-state index in [1.807, 2.05) is 43.3 Å². The van der Waals surface area contributed by atoms with Crippen LogP contribution in [0.5, 0.6) is 0 Å². The summed E-state index contributed by atoms with van der Waals surface area (Å²) in [5.41, 5.74) is 3.13. The zero-order valence-corrected chi connectivity index (χ0v) is 13.4. The monoisotopic (exact) mass is 330 g/mol. The van der Waals surface area contributed by atoms with Crippen molar-refractivity contribution in [1.29, 1.82) is 0 Å². The van der Waals surface area contributed by atoms with Gasteiger partial charge in [0.25, 0.3) is 0 Å². The van der Waals surface area contributed by atoms with Crippen LogP contribution in [0.3, 0.4) is 0 Å². The van der Waals surface area contributed by atoms with Gasteiger partial charge in [-0.1, -0.05) is 30.3 Å². The van der Waals surface area contributed by atoms with Gasteiger partial charge in [-0.3, -0.25) is 4.98 Å². The Kier molecular flexibility index (Phi) is 4.18. The number of aromatic nitrogens is 1. The van der Waals surface area contributed by atoms with Crippen molar-refractivity contribution in [1.82, 2.24) is 4.98 Å². The molecule has 0 atom stereocenters. The summed E-state index contributed by atoms with van der Waals surface area (Å²) in [7, 11) is 3.89. The summed E-state index contributed by atoms with van der Waals surface area (Å²) in [4.78, 5) is 6.46. The lowest BCUT2D eigenvalue weighted by atomic mass is 9.99. The lowest BCUT2D eigenvalue weighted by molar-refractivity contribution is -0.137. The number of hydrogen-bond donors (Lipinski definition) is 0. The molecule has 5 heteroatoms. The molecule has 0 aliphatic heterocycles. The third kappa shape index (κ3) is 3.20. The van der Waals surface area contributed by atoms with Crippen molar-refractivity contribution in [2.24, 2.45) is 0 Å². The van der Waals surface area contributed by atoms with Crippen molar-refractivity contribution >= 4 is 16.6 Å². The first-order valence-corrected chi connectivity index (χ1v) is 7.56. The minimum Gasteiger partial charge on any atom is -0.376 e. The Hall–Kier alpha value is -2.56. The summed E-state index contributed by atoms with van der Waals surface area (Å²) in [5.74, 6) is 0. The van der Waals surface area contributed by atoms with Crippen LogP contribution in [-0.2, 0) is 12.6 Å². The number of fused-ring (bicyclic) bond motifs is 1. The molecule has 0 aliphatic rings. The predicted octanol–water partition coefficient (Wildman–Crippen LogP) is 4.91. The Morgan fingerprint density at radius 3 is 2.29 bits per heavy atom. The molecule has 0 saturated heterocycles. The molecule has 0 fully saturated rings. The molecule has 0 amide bonds. The quantitative estimate of drug-likeness (QED) is 0.678. The van der Waals surface area contributed by atoms with Gasteiger partial charge in [0.1, 0.15) is 0 Å². The number of benzene rings is 2. The molecule has 24 heavy (non-hydrogen) atoms. The molecule has 0 radical (unpaired) electrons. The fourth-order valence-corrected chi connectivity index (χ4v) is 2.84. The van der Waals surface area contributed by atoms with Gasteiger partial charge >= 0.3 is 6.18 Å². The summed E-state index contributed by atoms with van der Waals surface area (Å²) in [6.07, 6.45) is -2.00. The molecule has 124 valence electrons. The van der Waals surface area contributed by atoms with Gasteiger partial charge in [-0.05, 0) is 35.7 Å². The maximum Gasteiger partial charge on any atom is 0.416 e. The molecule has 3 aromatic rings. The van der Waals surface area contributed by atoms with Gasteiger partial charge in [0.05, 0.1) is 16.8 Å². The van der Waals surface area contributed by atoms with E-state index >= 15 is 0 Å². The summed E-state index contributed by atoms with van der Waals surface area (Å²) >= 11 is 0. The minimum absolute atomic E-state index is 0.554. The average Bonchev–Trinajstić information content (AvgIpc) is 2.54. The molecule has 0 spiro atoms. The number of nitrogens with zero attached hydrogens (tertiary/aromatic N) is 2. The van der Waals surface area contributed by atoms with E-state index in [4.69, 9.17) is 0 Å². The van der Waals surface area contributed by atoms with Gasteiger partial charge in [-0.25, -0.2) is 0 Å². The van der Waals surface area contributed by atoms with E-state index in [-0.39, 0.29) is 0 Å². The van der Waals surface area contributed by atoms with Crippen LogP contribution in [-0.4, -0.2) is 19.1 Å². The second-order valence-electron chi connectivity index (χ2n) is 5.91. The molecule has 0 N–H and O–H groups in total. The van der Waals surface area contributed by atoms with Crippen molar-refractivity contribution < 1.29 is 13.2 Å². The Balaban J connectivity index is 1.99. The standard InChI is InChI=1S/C19H17F3N2/c1-24(2)18-15(8-7-14-4-3-11-23-17(14)18)12-13-5-9-16(10-6-13)19(20,21)22/h3-11H,12H2,1-2H3. The normalized spacial score (nSPS) is 11.7. The molecule has 0 aliphatic carbocycles. The fraction of sp³-hybridized carbons (Fsp3) is 0.211. The molecule has 0 bridgehead atoms. The highest BCUT2D eigenvalue weighted by Gasteiger charge is 2.29. The number of rotatable bonds is 3. The van der Waals surface area contributed by atoms with Crippen LogP contribution in [0.2, 0.25) is 0 Å². The largest absolute Gasteiger partial charge is 0.416 e. The smallest absolute Gasteiger partial charge is 0.376 e. The number of alkyl halides is 3. The van der Waals surface area contributed by atoms with Crippen LogP contribution < -0.4 is 4.90 Å². The van der Waals surface area contributed by atoms with E-state index in [1.54, 1.807) is 6.20 Å². The summed E-state index contributed by atoms with van der Waals surface area (Å²) in [5, 5.41) is 1.04. The average molecular weight is 330 g/mol. The number of anilines is 1. The molecule has 3 rings (SSSR count). The molecular formula is C19H17F3N2. The highest BCUT2D eigenvalue weighted by molar-refractivity contribution is 5.92. The second-order valence-corrected chi connectivity index (χ2v) is 5.91. The van der Waals surface area contributed by atoms with E-state index in [0.717, 1.165) is 39.8 Å². The maximum atomic E-state index is 12.7. The topological polar surface area (TPSA) is 16.1 Å².